The molecule has 0 bridgehead atoms. The number of ketones is 2. The lowest BCUT2D eigenvalue weighted by atomic mass is 9.91. The molecule has 0 aliphatic rings. The van der Waals surface area contributed by atoms with E-state index in [2.05, 4.69) is 75.2 Å². The van der Waals surface area contributed by atoms with Crippen LogP contribution < -0.4 is 9.47 Å². The highest BCUT2D eigenvalue weighted by Crippen LogP contribution is 2.31. The predicted octanol–water partition coefficient (Wildman–Crippen LogP) is 12.7. The monoisotopic (exact) mass is 877 g/mol. The summed E-state index contributed by atoms with van der Waals surface area (Å²) in [6.07, 6.45) is 1.53. The van der Waals surface area contributed by atoms with E-state index in [-0.39, 0.29) is 42.5 Å². The number of aromatic amines is 1. The largest absolute Gasteiger partial charge is 0.489 e. The number of benzene rings is 6. The van der Waals surface area contributed by atoms with Crippen molar-refractivity contribution in [3.63, 3.8) is 0 Å². The second-order valence-electron chi connectivity index (χ2n) is 15.7. The Morgan fingerprint density at radius 1 is 0.603 bits per heavy atom. The van der Waals surface area contributed by atoms with Crippen molar-refractivity contribution in [1.82, 2.24) is 20.6 Å². The van der Waals surface area contributed by atoms with Gasteiger partial charge in [0.15, 0.2) is 17.4 Å². The highest BCUT2D eigenvalue weighted by Gasteiger charge is 2.23. The lowest BCUT2D eigenvalue weighted by Gasteiger charge is -2.15. The molecule has 0 fully saturated rings. The Bertz CT molecular complexity index is 2600. The lowest BCUT2D eigenvalue weighted by Crippen LogP contribution is -2.12. The maximum Gasteiger partial charge on any atom is 0.178 e. The van der Waals surface area contributed by atoms with Crippen LogP contribution in [-0.4, -0.2) is 44.4 Å². The minimum absolute atomic E-state index is 0.0000454. The number of aromatic nitrogens is 4. The Hall–Kier alpha value is -6.60. The third kappa shape index (κ3) is 13.4. The van der Waals surface area contributed by atoms with Crippen LogP contribution in [0.1, 0.15) is 84.1 Å². The molecule has 9 nitrogen and oxygen atoms in total. The Kier molecular flexibility index (Phi) is 16.4. The second-order valence-corrected chi connectivity index (χ2v) is 16.5. The minimum atomic E-state index is -0.398. The van der Waals surface area contributed by atoms with Crippen molar-refractivity contribution in [3.8, 4) is 39.8 Å². The molecule has 2 atom stereocenters. The number of halogens is 2. The number of nitriles is 1. The molecule has 0 aliphatic heterocycles. The molecular formula is C52H49Cl2N5O4. The van der Waals surface area contributed by atoms with Crippen LogP contribution in [0.5, 0.6) is 11.5 Å². The predicted molar refractivity (Wildman–Crippen MR) is 250 cm³/mol. The van der Waals surface area contributed by atoms with Crippen molar-refractivity contribution >= 4 is 34.8 Å². The molecule has 1 N–H and O–H groups in total. The number of ether oxygens (including phenoxy) is 2. The number of carbonyl (C=O) groups excluding carboxylic acids is 2. The number of hydrogen-bond acceptors (Lipinski definition) is 8. The van der Waals surface area contributed by atoms with E-state index in [9.17, 15) is 14.9 Å². The van der Waals surface area contributed by atoms with Gasteiger partial charge in [0.05, 0.1) is 34.2 Å². The summed E-state index contributed by atoms with van der Waals surface area (Å²) < 4.78 is 11.3. The van der Waals surface area contributed by atoms with Gasteiger partial charge in [0.2, 0.25) is 0 Å². The Morgan fingerprint density at radius 2 is 1.05 bits per heavy atom. The van der Waals surface area contributed by atoms with E-state index in [0.717, 1.165) is 33.4 Å². The van der Waals surface area contributed by atoms with Crippen LogP contribution in [0, 0.1) is 17.2 Å². The van der Waals surface area contributed by atoms with Crippen LogP contribution in [-0.2, 0) is 12.8 Å². The Labute approximate surface area is 379 Å². The average Bonchev–Trinajstić information content (AvgIpc) is 3.84. The standard InChI is InChI=1S/C26H25ClN4O2.C26H24ClNO2/c1-17(2)33-25-13-12-21(15-23(25)27)24(32)16-22(26-28-30-31-29-26)14-18-8-10-20(11-9-18)19-6-4-3-5-7-19;1-18(2)30-26-13-12-23(16-24(26)27)25(29)15-20(17-28)14-19-8-10-22(11-9-19)21-6-4-3-5-7-21/h3-13,15,17,22H,14,16H2,1-2H3,(H,28,29,30,31);3-13,16,18,20H,14-15H2,1-2H3. The summed E-state index contributed by atoms with van der Waals surface area (Å²) >= 11 is 12.6. The molecule has 320 valence electrons. The molecule has 0 radical (unpaired) electrons. The summed E-state index contributed by atoms with van der Waals surface area (Å²) in [5.74, 6) is 0.884. The molecule has 7 aromatic rings. The van der Waals surface area contributed by atoms with Gasteiger partial charge in [-0.3, -0.25) is 9.59 Å². The summed E-state index contributed by atoms with van der Waals surface area (Å²) in [4.78, 5) is 25.8. The number of nitrogens with one attached hydrogen (secondary N) is 1. The molecule has 63 heavy (non-hydrogen) atoms. The Morgan fingerprint density at radius 3 is 1.46 bits per heavy atom. The molecule has 0 aliphatic carbocycles. The topological polar surface area (TPSA) is 131 Å². The molecule has 1 aromatic heterocycles. The van der Waals surface area contributed by atoms with Crippen LogP contribution in [0.4, 0.5) is 0 Å². The molecule has 0 amide bonds. The fourth-order valence-corrected chi connectivity index (χ4v) is 7.44. The number of tetrazole rings is 1. The first-order chi connectivity index (χ1) is 30.4. The van der Waals surface area contributed by atoms with Gasteiger partial charge in [-0.15, -0.1) is 10.2 Å². The number of nitrogens with zero attached hydrogens (tertiary/aromatic N) is 4. The highest BCUT2D eigenvalue weighted by atomic mass is 35.5. The van der Waals surface area contributed by atoms with Gasteiger partial charge in [-0.1, -0.05) is 138 Å². The van der Waals surface area contributed by atoms with Crippen molar-refractivity contribution in [3.05, 3.63) is 184 Å². The first kappa shape index (κ1) is 45.9. The zero-order chi connectivity index (χ0) is 44.7. The SMILES string of the molecule is CC(C)Oc1ccc(C(=O)CC(C#N)Cc2ccc(-c3ccccc3)cc2)cc1Cl.CC(C)Oc1ccc(C(=O)CC(Cc2ccc(-c3ccccc3)cc2)c2nn[nH]n2)cc1Cl. The van der Waals surface area contributed by atoms with Gasteiger partial charge in [-0.05, 0) is 110 Å². The first-order valence-electron chi connectivity index (χ1n) is 20.9. The van der Waals surface area contributed by atoms with Crippen LogP contribution in [0.25, 0.3) is 22.3 Å². The summed E-state index contributed by atoms with van der Waals surface area (Å²) in [5.41, 5.74) is 7.74. The molecule has 0 saturated heterocycles. The van der Waals surface area contributed by atoms with E-state index >= 15 is 0 Å². The maximum absolute atomic E-state index is 13.1. The smallest absolute Gasteiger partial charge is 0.178 e. The molecule has 1 heterocycles. The van der Waals surface area contributed by atoms with Gasteiger partial charge in [0, 0.05) is 29.9 Å². The van der Waals surface area contributed by atoms with E-state index in [1.54, 1.807) is 36.4 Å². The van der Waals surface area contributed by atoms with Crippen LogP contribution in [0.15, 0.2) is 146 Å². The van der Waals surface area contributed by atoms with Crippen molar-refractivity contribution in [2.24, 2.45) is 5.92 Å². The molecular weight excluding hydrogens is 830 g/mol. The quantitative estimate of drug-likeness (QED) is 0.0895. The van der Waals surface area contributed by atoms with Crippen molar-refractivity contribution in [1.29, 1.82) is 5.26 Å². The maximum atomic E-state index is 13.1. The van der Waals surface area contributed by atoms with Crippen LogP contribution in [0.2, 0.25) is 10.0 Å². The van der Waals surface area contributed by atoms with E-state index < -0.39 is 5.92 Å². The molecule has 0 saturated carbocycles. The number of hydrogen-bond donors (Lipinski definition) is 1. The van der Waals surface area contributed by atoms with Crippen LogP contribution >= 0.6 is 23.2 Å². The van der Waals surface area contributed by atoms with Gasteiger partial charge < -0.3 is 9.47 Å². The van der Waals surface area contributed by atoms with Gasteiger partial charge in [-0.25, -0.2) is 0 Å². The van der Waals surface area contributed by atoms with Gasteiger partial charge in [0.25, 0.3) is 0 Å². The zero-order valence-electron chi connectivity index (χ0n) is 35.7. The lowest BCUT2D eigenvalue weighted by molar-refractivity contribution is 0.0963. The van der Waals surface area contributed by atoms with E-state index in [0.29, 0.717) is 51.3 Å². The minimum Gasteiger partial charge on any atom is -0.489 e. The number of Topliss-reactive ketones (excluding diaryl/α,β-unsaturated/α-hetero) is 2. The summed E-state index contributed by atoms with van der Waals surface area (Å²) in [6.45, 7) is 7.69. The molecule has 6 aromatic carbocycles. The third-order valence-electron chi connectivity index (χ3n) is 10.1. The van der Waals surface area contributed by atoms with Gasteiger partial charge in [-0.2, -0.15) is 10.5 Å². The molecule has 0 spiro atoms. The number of carbonyl (C=O) groups is 2. The normalized spacial score (nSPS) is 11.9. The van der Waals surface area contributed by atoms with Gasteiger partial charge in [0.1, 0.15) is 11.5 Å². The van der Waals surface area contributed by atoms with E-state index in [1.165, 1.54) is 0 Å². The van der Waals surface area contributed by atoms with E-state index in [4.69, 9.17) is 32.7 Å². The van der Waals surface area contributed by atoms with E-state index in [1.807, 2.05) is 88.4 Å². The fourth-order valence-electron chi connectivity index (χ4n) is 6.99. The fraction of sp³-hybridized carbons (Fsp3) is 0.231. The van der Waals surface area contributed by atoms with Gasteiger partial charge >= 0.3 is 0 Å². The molecule has 2 unspecified atom stereocenters. The third-order valence-corrected chi connectivity index (χ3v) is 10.7. The zero-order valence-corrected chi connectivity index (χ0v) is 37.2. The average molecular weight is 879 g/mol. The summed E-state index contributed by atoms with van der Waals surface area (Å²) in [6, 6.07) is 49.3. The second kappa shape index (κ2) is 22.5. The first-order valence-corrected chi connectivity index (χ1v) is 21.6. The molecule has 11 heteroatoms. The van der Waals surface area contributed by atoms with Crippen LogP contribution in [0.3, 0.4) is 0 Å². The number of rotatable bonds is 17. The summed E-state index contributed by atoms with van der Waals surface area (Å²) in [5, 5.41) is 24.9. The summed E-state index contributed by atoms with van der Waals surface area (Å²) in [7, 11) is 0. The van der Waals surface area contributed by atoms with Crippen molar-refractivity contribution < 1.29 is 19.1 Å². The van der Waals surface area contributed by atoms with Crippen molar-refractivity contribution in [2.75, 3.05) is 0 Å². The highest BCUT2D eigenvalue weighted by molar-refractivity contribution is 6.32. The molecule has 7 rings (SSSR count). The van der Waals surface area contributed by atoms with Crippen molar-refractivity contribution in [2.45, 2.75) is 71.5 Å². The number of H-pyrrole nitrogens is 1. The Balaban J connectivity index is 0.000000211.